The van der Waals surface area contributed by atoms with Gasteiger partial charge in [0.05, 0.1) is 5.69 Å². The molecule has 0 saturated carbocycles. The van der Waals surface area contributed by atoms with Crippen LogP contribution >= 0.6 is 11.3 Å². The van der Waals surface area contributed by atoms with Crippen LogP contribution in [0.15, 0.2) is 60.1 Å². The maximum atomic E-state index is 12.2. The molecule has 2 heterocycles. The highest BCUT2D eigenvalue weighted by molar-refractivity contribution is 7.10. The van der Waals surface area contributed by atoms with Gasteiger partial charge in [0.2, 0.25) is 5.88 Å². The number of hydrogen-bond donors (Lipinski definition) is 2. The summed E-state index contributed by atoms with van der Waals surface area (Å²) in [4.78, 5) is 17.5. The number of amides is 2. The molecule has 0 aliphatic rings. The maximum absolute atomic E-state index is 12.2. The van der Waals surface area contributed by atoms with Crippen molar-refractivity contribution in [3.8, 4) is 11.6 Å². The third-order valence-electron chi connectivity index (χ3n) is 3.57. The molecule has 5 nitrogen and oxygen atoms in total. The summed E-state index contributed by atoms with van der Waals surface area (Å²) in [5.41, 5.74) is 1.56. The summed E-state index contributed by atoms with van der Waals surface area (Å²) in [7, 11) is 0. The van der Waals surface area contributed by atoms with Gasteiger partial charge in [0.25, 0.3) is 0 Å². The van der Waals surface area contributed by atoms with Crippen LogP contribution in [0.5, 0.6) is 11.6 Å². The van der Waals surface area contributed by atoms with E-state index in [1.807, 2.05) is 23.6 Å². The van der Waals surface area contributed by atoms with E-state index in [9.17, 15) is 4.79 Å². The van der Waals surface area contributed by atoms with Crippen molar-refractivity contribution < 1.29 is 9.53 Å². The van der Waals surface area contributed by atoms with E-state index < -0.39 is 0 Å². The van der Waals surface area contributed by atoms with Crippen LogP contribution in [0.4, 0.5) is 16.2 Å². The van der Waals surface area contributed by atoms with Gasteiger partial charge in [-0.3, -0.25) is 0 Å². The average Bonchev–Trinajstić information content (AvgIpc) is 3.06. The van der Waals surface area contributed by atoms with E-state index in [1.165, 1.54) is 4.88 Å². The molecule has 134 valence electrons. The predicted molar refractivity (Wildman–Crippen MR) is 106 cm³/mol. The molecule has 0 saturated heterocycles. The average molecular weight is 367 g/mol. The molecule has 0 bridgehead atoms. The van der Waals surface area contributed by atoms with E-state index in [0.29, 0.717) is 17.3 Å². The molecule has 3 rings (SSSR count). The van der Waals surface area contributed by atoms with Crippen LogP contribution in [0.1, 0.15) is 25.6 Å². The number of urea groups is 1. The Bertz CT molecular complexity index is 868. The second-order valence-corrected chi connectivity index (χ2v) is 7.73. The number of pyridine rings is 1. The van der Waals surface area contributed by atoms with Gasteiger partial charge in [-0.2, -0.15) is 0 Å². The van der Waals surface area contributed by atoms with Crippen LogP contribution in [-0.2, 0) is 5.41 Å². The zero-order valence-electron chi connectivity index (χ0n) is 14.9. The van der Waals surface area contributed by atoms with E-state index in [-0.39, 0.29) is 11.4 Å². The lowest BCUT2D eigenvalue weighted by Crippen LogP contribution is -2.19. The lowest BCUT2D eigenvalue weighted by atomic mass is 9.95. The minimum absolute atomic E-state index is 0.0739. The van der Waals surface area contributed by atoms with Gasteiger partial charge in [-0.25, -0.2) is 9.78 Å². The number of thiophene rings is 1. The molecule has 0 fully saturated rings. The second-order valence-electron chi connectivity index (χ2n) is 6.82. The fourth-order valence-electron chi connectivity index (χ4n) is 2.22. The minimum Gasteiger partial charge on any atom is -0.439 e. The van der Waals surface area contributed by atoms with Gasteiger partial charge in [0.1, 0.15) is 5.75 Å². The van der Waals surface area contributed by atoms with Crippen LogP contribution < -0.4 is 15.4 Å². The normalized spacial score (nSPS) is 11.0. The lowest BCUT2D eigenvalue weighted by Gasteiger charge is -2.15. The first kappa shape index (κ1) is 17.9. The Labute approximate surface area is 157 Å². The van der Waals surface area contributed by atoms with Crippen molar-refractivity contribution in [2.45, 2.75) is 26.2 Å². The molecule has 2 N–H and O–H groups in total. The Morgan fingerprint density at radius 2 is 1.77 bits per heavy atom. The minimum atomic E-state index is -0.276. The molecule has 0 atom stereocenters. The molecule has 0 aliphatic carbocycles. The molecule has 0 aliphatic heterocycles. The summed E-state index contributed by atoms with van der Waals surface area (Å²) in [5, 5.41) is 7.62. The number of anilines is 2. The fourth-order valence-corrected chi connectivity index (χ4v) is 3.15. The van der Waals surface area contributed by atoms with Crippen molar-refractivity contribution in [2.75, 3.05) is 10.6 Å². The topological polar surface area (TPSA) is 63.2 Å². The highest BCUT2D eigenvalue weighted by Crippen LogP contribution is 2.31. The van der Waals surface area contributed by atoms with Crippen molar-refractivity contribution in [2.24, 2.45) is 0 Å². The first-order valence-corrected chi connectivity index (χ1v) is 9.14. The summed E-state index contributed by atoms with van der Waals surface area (Å²) < 4.78 is 5.63. The van der Waals surface area contributed by atoms with Crippen molar-refractivity contribution in [3.05, 3.63) is 65.0 Å². The van der Waals surface area contributed by atoms with Gasteiger partial charge in [-0.05, 0) is 41.8 Å². The van der Waals surface area contributed by atoms with E-state index in [1.54, 1.807) is 47.9 Å². The van der Waals surface area contributed by atoms with Gasteiger partial charge in [-0.1, -0.05) is 26.8 Å². The molecule has 0 unspecified atom stereocenters. The number of ether oxygens (including phenoxy) is 1. The Hall–Kier alpha value is -2.86. The number of carbonyl (C=O) groups excluding carboxylic acids is 1. The quantitative estimate of drug-likeness (QED) is 0.605. The Balaban J connectivity index is 1.57. The second kappa shape index (κ2) is 7.58. The van der Waals surface area contributed by atoms with E-state index >= 15 is 0 Å². The molecular formula is C20H21N3O2S. The molecule has 2 amide bonds. The summed E-state index contributed by atoms with van der Waals surface area (Å²) in [6, 6.07) is 14.3. The van der Waals surface area contributed by atoms with Gasteiger partial charge < -0.3 is 15.4 Å². The molecular weight excluding hydrogens is 346 g/mol. The van der Waals surface area contributed by atoms with Crippen molar-refractivity contribution in [3.63, 3.8) is 0 Å². The van der Waals surface area contributed by atoms with E-state index in [0.717, 1.165) is 5.69 Å². The molecule has 2 aromatic heterocycles. The summed E-state index contributed by atoms with van der Waals surface area (Å²) in [5.74, 6) is 1.18. The zero-order valence-corrected chi connectivity index (χ0v) is 15.8. The number of carbonyl (C=O) groups is 1. The highest BCUT2D eigenvalue weighted by Gasteiger charge is 2.16. The Morgan fingerprint density at radius 1 is 1.04 bits per heavy atom. The van der Waals surface area contributed by atoms with E-state index in [2.05, 4.69) is 36.4 Å². The van der Waals surface area contributed by atoms with Crippen molar-refractivity contribution >= 4 is 28.7 Å². The SMILES string of the molecule is CC(C)(C)c1cc(NC(=O)Nc2ccc(Oc3ccccn3)cc2)cs1. The Morgan fingerprint density at radius 3 is 2.38 bits per heavy atom. The largest absolute Gasteiger partial charge is 0.439 e. The summed E-state index contributed by atoms with van der Waals surface area (Å²) in [6.45, 7) is 6.45. The molecule has 26 heavy (non-hydrogen) atoms. The standard InChI is InChI=1S/C20H21N3O2S/c1-20(2,3)17-12-15(13-26-17)23-19(24)22-14-7-9-16(10-8-14)25-18-6-4-5-11-21-18/h4-13H,1-3H3,(H2,22,23,24). The van der Waals surface area contributed by atoms with Gasteiger partial charge in [-0.15, -0.1) is 11.3 Å². The van der Waals surface area contributed by atoms with Crippen LogP contribution in [0.25, 0.3) is 0 Å². The smallest absolute Gasteiger partial charge is 0.323 e. The summed E-state index contributed by atoms with van der Waals surface area (Å²) in [6.07, 6.45) is 1.67. The third kappa shape index (κ3) is 4.83. The number of hydrogen-bond acceptors (Lipinski definition) is 4. The number of nitrogens with one attached hydrogen (secondary N) is 2. The van der Waals surface area contributed by atoms with Crippen LogP contribution in [-0.4, -0.2) is 11.0 Å². The van der Waals surface area contributed by atoms with Crippen LogP contribution in [0.2, 0.25) is 0 Å². The monoisotopic (exact) mass is 367 g/mol. The highest BCUT2D eigenvalue weighted by atomic mass is 32.1. The third-order valence-corrected chi connectivity index (χ3v) is 4.92. The number of rotatable bonds is 4. The first-order chi connectivity index (χ1) is 12.4. The van der Waals surface area contributed by atoms with Crippen LogP contribution in [0.3, 0.4) is 0 Å². The fraction of sp³-hybridized carbons (Fsp3) is 0.200. The van der Waals surface area contributed by atoms with Crippen molar-refractivity contribution in [1.82, 2.24) is 4.98 Å². The number of aromatic nitrogens is 1. The number of benzene rings is 1. The predicted octanol–water partition coefficient (Wildman–Crippen LogP) is 5.88. The molecule has 3 aromatic rings. The lowest BCUT2D eigenvalue weighted by molar-refractivity contribution is 0.262. The molecule has 0 spiro atoms. The summed E-state index contributed by atoms with van der Waals surface area (Å²) >= 11 is 1.64. The molecule has 1 aromatic carbocycles. The molecule has 0 radical (unpaired) electrons. The molecule has 6 heteroatoms. The van der Waals surface area contributed by atoms with Crippen molar-refractivity contribution in [1.29, 1.82) is 0 Å². The zero-order chi connectivity index (χ0) is 18.6. The van der Waals surface area contributed by atoms with Gasteiger partial charge >= 0.3 is 6.03 Å². The van der Waals surface area contributed by atoms with Gasteiger partial charge in [0, 0.05) is 28.2 Å². The Kier molecular flexibility index (Phi) is 5.23. The first-order valence-electron chi connectivity index (χ1n) is 8.26. The van der Waals surface area contributed by atoms with Gasteiger partial charge in [0.15, 0.2) is 0 Å². The number of nitrogens with zero attached hydrogens (tertiary/aromatic N) is 1. The maximum Gasteiger partial charge on any atom is 0.323 e. The van der Waals surface area contributed by atoms with Crippen LogP contribution in [0, 0.1) is 0 Å². The van der Waals surface area contributed by atoms with E-state index in [4.69, 9.17) is 4.74 Å².